The first-order valence-electron chi connectivity index (χ1n) is 11.0. The number of piperazine rings is 1. The number of nitrogens with two attached hydrogens (primary N) is 1. The van der Waals surface area contributed by atoms with Gasteiger partial charge in [0.15, 0.2) is 17.6 Å². The molecule has 0 radical (unpaired) electrons. The van der Waals surface area contributed by atoms with Gasteiger partial charge in [-0.3, -0.25) is 0 Å². The first kappa shape index (κ1) is 20.5. The molecular weight excluding hydrogens is 372 g/mol. The van der Waals surface area contributed by atoms with Gasteiger partial charge >= 0.3 is 0 Å². The summed E-state index contributed by atoms with van der Waals surface area (Å²) in [5.74, 6) is 0.434. The van der Waals surface area contributed by atoms with Gasteiger partial charge in [-0.25, -0.2) is 13.8 Å². The summed E-state index contributed by atoms with van der Waals surface area (Å²) in [4.78, 5) is 11.5. The van der Waals surface area contributed by atoms with Crippen LogP contribution in [-0.4, -0.2) is 73.0 Å². The van der Waals surface area contributed by atoms with Crippen LogP contribution in [0.25, 0.3) is 0 Å². The Morgan fingerprint density at radius 3 is 2.62 bits per heavy atom. The van der Waals surface area contributed by atoms with Crippen LogP contribution in [0.3, 0.4) is 0 Å². The van der Waals surface area contributed by atoms with Gasteiger partial charge in [0.05, 0.1) is 5.69 Å². The van der Waals surface area contributed by atoms with Gasteiger partial charge in [-0.05, 0) is 69.7 Å². The van der Waals surface area contributed by atoms with Gasteiger partial charge in [-0.15, -0.1) is 0 Å². The molecule has 1 heterocycles. The van der Waals surface area contributed by atoms with E-state index in [1.165, 1.54) is 25.3 Å². The van der Waals surface area contributed by atoms with E-state index in [0.29, 0.717) is 17.7 Å². The standard InChI is InChI=1S/C22H33F2N5/c1-27-9-11-28(12-10-27)7-2-8-29(19-5-3-16-13-17(16)14-19)22(25)26-18-4-6-20(23)21(24)15-18/h4,6,15-17,19H,2-3,5,7-14H2,1H3,(H2,25,26). The Bertz CT molecular complexity index is 732. The molecule has 7 heteroatoms. The van der Waals surface area contributed by atoms with E-state index in [0.717, 1.165) is 76.1 Å². The Hall–Kier alpha value is -1.73. The third kappa shape index (κ3) is 5.25. The zero-order valence-electron chi connectivity index (χ0n) is 17.4. The largest absolute Gasteiger partial charge is 0.369 e. The molecule has 1 aromatic carbocycles. The second-order valence-corrected chi connectivity index (χ2v) is 8.98. The van der Waals surface area contributed by atoms with E-state index >= 15 is 0 Å². The average molecular weight is 406 g/mol. The van der Waals surface area contributed by atoms with Gasteiger partial charge in [-0.1, -0.05) is 0 Å². The fourth-order valence-corrected chi connectivity index (χ4v) is 4.88. The van der Waals surface area contributed by atoms with Crippen molar-refractivity contribution in [3.8, 4) is 0 Å². The minimum atomic E-state index is -0.890. The lowest BCUT2D eigenvalue weighted by Crippen LogP contribution is -2.48. The van der Waals surface area contributed by atoms with Crippen molar-refractivity contribution in [1.82, 2.24) is 14.7 Å². The number of benzene rings is 1. The highest BCUT2D eigenvalue weighted by Crippen LogP contribution is 2.50. The molecule has 1 aromatic rings. The molecule has 2 saturated carbocycles. The number of hydrogen-bond donors (Lipinski definition) is 1. The zero-order valence-corrected chi connectivity index (χ0v) is 17.4. The molecule has 2 N–H and O–H groups in total. The van der Waals surface area contributed by atoms with E-state index in [1.807, 2.05) is 0 Å². The molecule has 1 aliphatic heterocycles. The molecule has 2 aliphatic carbocycles. The number of likely N-dealkylation sites (N-methyl/N-ethyl adjacent to an activating group) is 1. The molecule has 0 bridgehead atoms. The average Bonchev–Trinajstić information content (AvgIpc) is 3.48. The zero-order chi connectivity index (χ0) is 20.4. The van der Waals surface area contributed by atoms with Crippen LogP contribution in [0.5, 0.6) is 0 Å². The fraction of sp³-hybridized carbons (Fsp3) is 0.682. The number of halogens is 2. The van der Waals surface area contributed by atoms with Crippen LogP contribution in [0, 0.1) is 23.5 Å². The summed E-state index contributed by atoms with van der Waals surface area (Å²) in [6.07, 6.45) is 5.97. The van der Waals surface area contributed by atoms with Crippen LogP contribution < -0.4 is 5.73 Å². The molecule has 3 atom stereocenters. The van der Waals surface area contributed by atoms with Crippen LogP contribution in [0.2, 0.25) is 0 Å². The number of rotatable bonds is 6. The maximum Gasteiger partial charge on any atom is 0.196 e. The van der Waals surface area contributed by atoms with Crippen molar-refractivity contribution in [2.75, 3.05) is 46.3 Å². The summed E-state index contributed by atoms with van der Waals surface area (Å²) in [7, 11) is 2.17. The van der Waals surface area contributed by atoms with Gasteiger partial charge < -0.3 is 20.4 Å². The molecule has 5 nitrogen and oxygen atoms in total. The molecule has 160 valence electrons. The normalized spacial score (nSPS) is 28.2. The first-order chi connectivity index (χ1) is 14.0. The Kier molecular flexibility index (Phi) is 6.35. The lowest BCUT2D eigenvalue weighted by molar-refractivity contribution is 0.145. The van der Waals surface area contributed by atoms with Crippen LogP contribution in [0.1, 0.15) is 32.1 Å². The highest BCUT2D eigenvalue weighted by atomic mass is 19.2. The topological polar surface area (TPSA) is 48.1 Å². The molecule has 0 aromatic heterocycles. The maximum atomic E-state index is 13.6. The van der Waals surface area contributed by atoms with Crippen LogP contribution in [-0.2, 0) is 0 Å². The number of guanidine groups is 1. The monoisotopic (exact) mass is 405 g/mol. The summed E-state index contributed by atoms with van der Waals surface area (Å²) in [5.41, 5.74) is 6.77. The second-order valence-electron chi connectivity index (χ2n) is 8.98. The van der Waals surface area contributed by atoms with Crippen LogP contribution >= 0.6 is 0 Å². The Balaban J connectivity index is 1.41. The van der Waals surface area contributed by atoms with E-state index in [4.69, 9.17) is 5.73 Å². The Morgan fingerprint density at radius 2 is 1.90 bits per heavy atom. The number of nitrogens with zero attached hydrogens (tertiary/aromatic N) is 4. The van der Waals surface area contributed by atoms with E-state index in [-0.39, 0.29) is 0 Å². The molecule has 4 rings (SSSR count). The van der Waals surface area contributed by atoms with Crippen molar-refractivity contribution in [1.29, 1.82) is 0 Å². The molecule has 1 saturated heterocycles. The summed E-state index contributed by atoms with van der Waals surface area (Å²) in [6.45, 7) is 6.38. The van der Waals surface area contributed by atoms with Crippen molar-refractivity contribution in [3.05, 3.63) is 29.8 Å². The van der Waals surface area contributed by atoms with Crippen LogP contribution in [0.4, 0.5) is 14.5 Å². The minimum Gasteiger partial charge on any atom is -0.369 e. The van der Waals surface area contributed by atoms with Gasteiger partial charge in [0, 0.05) is 44.8 Å². The van der Waals surface area contributed by atoms with Gasteiger partial charge in [0.1, 0.15) is 0 Å². The Morgan fingerprint density at radius 1 is 1.10 bits per heavy atom. The van der Waals surface area contributed by atoms with Crippen molar-refractivity contribution in [3.63, 3.8) is 0 Å². The highest BCUT2D eigenvalue weighted by molar-refractivity contribution is 5.81. The number of fused-ring (bicyclic) bond motifs is 1. The number of aliphatic imine (C=N–C) groups is 1. The quantitative estimate of drug-likeness (QED) is 0.584. The maximum absolute atomic E-state index is 13.6. The number of hydrogen-bond acceptors (Lipinski definition) is 3. The summed E-state index contributed by atoms with van der Waals surface area (Å²) in [6, 6.07) is 4.10. The molecule has 0 amide bonds. The van der Waals surface area contributed by atoms with Crippen molar-refractivity contribution < 1.29 is 8.78 Å². The molecular formula is C22H33F2N5. The summed E-state index contributed by atoms with van der Waals surface area (Å²) < 4.78 is 26.8. The Labute approximate surface area is 172 Å². The lowest BCUT2D eigenvalue weighted by atomic mass is 9.94. The van der Waals surface area contributed by atoms with Gasteiger partial charge in [0.2, 0.25) is 0 Å². The van der Waals surface area contributed by atoms with E-state index in [2.05, 4.69) is 26.7 Å². The van der Waals surface area contributed by atoms with Crippen molar-refractivity contribution in [2.24, 2.45) is 22.6 Å². The highest BCUT2D eigenvalue weighted by Gasteiger charge is 2.43. The SMILES string of the molecule is CN1CCN(CCCN(C(N)=Nc2ccc(F)c(F)c2)C2CCC3CC3C2)CC1. The molecule has 3 fully saturated rings. The fourth-order valence-electron chi connectivity index (χ4n) is 4.88. The summed E-state index contributed by atoms with van der Waals surface area (Å²) >= 11 is 0. The van der Waals surface area contributed by atoms with E-state index < -0.39 is 11.6 Å². The van der Waals surface area contributed by atoms with Crippen molar-refractivity contribution in [2.45, 2.75) is 38.1 Å². The third-order valence-corrected chi connectivity index (χ3v) is 6.87. The van der Waals surface area contributed by atoms with Gasteiger partial charge in [0.25, 0.3) is 0 Å². The van der Waals surface area contributed by atoms with E-state index in [9.17, 15) is 8.78 Å². The van der Waals surface area contributed by atoms with E-state index in [1.54, 1.807) is 0 Å². The smallest absolute Gasteiger partial charge is 0.196 e. The lowest BCUT2D eigenvalue weighted by Gasteiger charge is -2.36. The third-order valence-electron chi connectivity index (χ3n) is 6.87. The second kappa shape index (κ2) is 8.96. The minimum absolute atomic E-state index is 0.366. The molecule has 0 spiro atoms. The predicted molar refractivity (Wildman–Crippen MR) is 112 cm³/mol. The molecule has 3 aliphatic rings. The molecule has 3 unspecified atom stereocenters. The first-order valence-corrected chi connectivity index (χ1v) is 11.0. The molecule has 29 heavy (non-hydrogen) atoms. The van der Waals surface area contributed by atoms with Gasteiger partial charge in [-0.2, -0.15) is 0 Å². The summed E-state index contributed by atoms with van der Waals surface area (Å²) in [5, 5.41) is 0. The van der Waals surface area contributed by atoms with Crippen molar-refractivity contribution >= 4 is 11.6 Å². The predicted octanol–water partition coefficient (Wildman–Crippen LogP) is 3.04. The van der Waals surface area contributed by atoms with Crippen LogP contribution in [0.15, 0.2) is 23.2 Å².